The first-order valence-corrected chi connectivity index (χ1v) is 13.1. The summed E-state index contributed by atoms with van der Waals surface area (Å²) >= 11 is 6.68. The number of fused-ring (bicyclic) bond motifs is 1. The lowest BCUT2D eigenvalue weighted by Crippen LogP contribution is -2.41. The third-order valence-electron chi connectivity index (χ3n) is 6.04. The summed E-state index contributed by atoms with van der Waals surface area (Å²) in [6.07, 6.45) is -3.68. The smallest absolute Gasteiger partial charge is 0.434 e. The summed E-state index contributed by atoms with van der Waals surface area (Å²) in [5.41, 5.74) is -2.35. The minimum absolute atomic E-state index is 0.000976. The summed E-state index contributed by atoms with van der Waals surface area (Å²) in [4.78, 5) is 40.3. The molecule has 9 nitrogen and oxygen atoms in total. The number of rotatable bonds is 6. The molecule has 2 aromatic heterocycles. The number of nitro groups is 1. The number of non-ortho nitro benzene ring substituents is 1. The Bertz CT molecular complexity index is 1870. The molecule has 4 aromatic rings. The van der Waals surface area contributed by atoms with Crippen LogP contribution >= 0.6 is 22.9 Å². The van der Waals surface area contributed by atoms with Crippen LogP contribution in [0.3, 0.4) is 0 Å². The van der Waals surface area contributed by atoms with Gasteiger partial charge < -0.3 is 9.15 Å². The van der Waals surface area contributed by atoms with Gasteiger partial charge in [0.25, 0.3) is 11.2 Å². The number of carbonyl (C=O) groups is 1. The average molecular weight is 604 g/mol. The fourth-order valence-corrected chi connectivity index (χ4v) is 5.37. The number of nitrogens with zero attached hydrogens (tertiary/aromatic N) is 3. The van der Waals surface area contributed by atoms with Crippen molar-refractivity contribution in [1.82, 2.24) is 4.57 Å². The summed E-state index contributed by atoms with van der Waals surface area (Å²) in [7, 11) is 0. The van der Waals surface area contributed by atoms with Gasteiger partial charge in [0.1, 0.15) is 11.5 Å². The third kappa shape index (κ3) is 5.45. The lowest BCUT2D eigenvalue weighted by molar-refractivity contribution is -0.384. The number of benzene rings is 2. The Morgan fingerprint density at radius 1 is 1.17 bits per heavy atom. The molecule has 0 amide bonds. The van der Waals surface area contributed by atoms with Crippen LogP contribution < -0.4 is 14.9 Å². The topological polar surface area (TPSA) is 117 Å². The molecule has 14 heteroatoms. The Hall–Kier alpha value is -4.49. The predicted molar refractivity (Wildman–Crippen MR) is 143 cm³/mol. The van der Waals surface area contributed by atoms with Crippen LogP contribution in [0.2, 0.25) is 5.02 Å². The Morgan fingerprint density at radius 3 is 2.46 bits per heavy atom. The van der Waals surface area contributed by atoms with Gasteiger partial charge in [-0.15, -0.1) is 0 Å². The van der Waals surface area contributed by atoms with E-state index in [1.807, 2.05) is 0 Å². The molecule has 0 aliphatic carbocycles. The number of esters is 1. The van der Waals surface area contributed by atoms with Crippen LogP contribution in [0.15, 0.2) is 86.1 Å². The number of carbonyl (C=O) groups excluding carboxylic acids is 1. The monoisotopic (exact) mass is 603 g/mol. The van der Waals surface area contributed by atoms with Crippen LogP contribution in [0.25, 0.3) is 17.4 Å². The molecule has 5 rings (SSSR count). The van der Waals surface area contributed by atoms with E-state index in [4.69, 9.17) is 20.8 Å². The highest BCUT2D eigenvalue weighted by molar-refractivity contribution is 7.07. The van der Waals surface area contributed by atoms with Crippen LogP contribution in [-0.4, -0.2) is 28.2 Å². The van der Waals surface area contributed by atoms with E-state index < -0.39 is 39.9 Å². The van der Waals surface area contributed by atoms with E-state index in [0.29, 0.717) is 27.7 Å². The van der Waals surface area contributed by atoms with Crippen LogP contribution in [-0.2, 0) is 9.53 Å². The summed E-state index contributed by atoms with van der Waals surface area (Å²) in [6.45, 7) is 1.26. The molecule has 0 saturated carbocycles. The Balaban J connectivity index is 1.66. The number of furan rings is 1. The molecule has 1 aliphatic rings. The van der Waals surface area contributed by atoms with Gasteiger partial charge in [0.15, 0.2) is 10.5 Å². The largest absolute Gasteiger partial charge is 0.463 e. The quantitative estimate of drug-likeness (QED) is 0.171. The Kier molecular flexibility index (Phi) is 7.41. The highest BCUT2D eigenvalue weighted by atomic mass is 35.5. The van der Waals surface area contributed by atoms with Crippen LogP contribution in [0.1, 0.15) is 24.3 Å². The van der Waals surface area contributed by atoms with Crippen molar-refractivity contribution >= 4 is 40.7 Å². The van der Waals surface area contributed by atoms with Gasteiger partial charge in [0.2, 0.25) is 0 Å². The van der Waals surface area contributed by atoms with Crippen LogP contribution in [0, 0.1) is 10.1 Å². The number of alkyl halides is 3. The minimum atomic E-state index is -5.03. The van der Waals surface area contributed by atoms with Gasteiger partial charge >= 0.3 is 12.1 Å². The first kappa shape index (κ1) is 28.1. The van der Waals surface area contributed by atoms with Gasteiger partial charge in [0.05, 0.1) is 27.7 Å². The first-order valence-electron chi connectivity index (χ1n) is 11.9. The van der Waals surface area contributed by atoms with E-state index >= 15 is 0 Å². The van der Waals surface area contributed by atoms with Crippen molar-refractivity contribution in [2.24, 2.45) is 4.99 Å². The van der Waals surface area contributed by atoms with E-state index in [1.54, 1.807) is 6.07 Å². The number of nitro benzene ring substituents is 1. The molecule has 0 saturated heterocycles. The lowest BCUT2D eigenvalue weighted by atomic mass is 9.95. The number of ether oxygens (including phenoxy) is 1. The molecule has 0 fully saturated rings. The first-order chi connectivity index (χ1) is 19.5. The molecule has 210 valence electrons. The summed E-state index contributed by atoms with van der Waals surface area (Å²) in [5, 5.41) is 11.2. The standard InChI is InChI=1S/C27H17ClF3N3O6S/c1-2-39-25(36)21-22(15-3-7-16(28)8-4-15)33-24(35)20(41-26(33)32-23(21)27(29,30)31)13-18-11-12-19(40-18)14-5-9-17(10-6-14)34(37)38/h3-13,22H,2H2,1H3/b20-13-/t22-/m0/s1. The minimum Gasteiger partial charge on any atom is -0.463 e. The zero-order valence-corrected chi connectivity index (χ0v) is 22.4. The van der Waals surface area contributed by atoms with Gasteiger partial charge in [-0.2, -0.15) is 13.2 Å². The fraction of sp³-hybridized carbons (Fsp3) is 0.148. The van der Waals surface area contributed by atoms with Crippen molar-refractivity contribution in [3.05, 3.63) is 118 Å². The van der Waals surface area contributed by atoms with Crippen molar-refractivity contribution in [1.29, 1.82) is 0 Å². The number of hydrogen-bond donors (Lipinski definition) is 0. The van der Waals surface area contributed by atoms with Gasteiger partial charge in [-0.05, 0) is 48.9 Å². The maximum absolute atomic E-state index is 14.2. The predicted octanol–water partition coefficient (Wildman–Crippen LogP) is 5.16. The number of hydrogen-bond acceptors (Lipinski definition) is 8. The number of aromatic nitrogens is 1. The van der Waals surface area contributed by atoms with Crippen molar-refractivity contribution in [3.63, 3.8) is 0 Å². The summed E-state index contributed by atoms with van der Waals surface area (Å²) < 4.78 is 54.3. The van der Waals surface area contributed by atoms with E-state index in [9.17, 15) is 32.9 Å². The summed E-state index contributed by atoms with van der Waals surface area (Å²) in [5.74, 6) is -0.703. The average Bonchev–Trinajstić information content (AvgIpc) is 3.52. The lowest BCUT2D eigenvalue weighted by Gasteiger charge is -2.26. The molecule has 0 N–H and O–H groups in total. The molecular formula is C27H17ClF3N3O6S. The van der Waals surface area contributed by atoms with E-state index in [-0.39, 0.29) is 33.0 Å². The van der Waals surface area contributed by atoms with E-state index in [2.05, 4.69) is 4.99 Å². The van der Waals surface area contributed by atoms with Crippen molar-refractivity contribution in [2.45, 2.75) is 19.1 Å². The van der Waals surface area contributed by atoms with Gasteiger partial charge in [-0.25, -0.2) is 9.79 Å². The zero-order chi connectivity index (χ0) is 29.5. The van der Waals surface area contributed by atoms with Crippen LogP contribution in [0.4, 0.5) is 18.9 Å². The van der Waals surface area contributed by atoms with Crippen LogP contribution in [0.5, 0.6) is 0 Å². The second-order valence-electron chi connectivity index (χ2n) is 8.62. The molecule has 2 aromatic carbocycles. The second-order valence-corrected chi connectivity index (χ2v) is 10.1. The van der Waals surface area contributed by atoms with Crippen molar-refractivity contribution < 1.29 is 32.0 Å². The Morgan fingerprint density at radius 2 is 1.85 bits per heavy atom. The maximum atomic E-state index is 14.2. The molecule has 1 atom stereocenters. The highest BCUT2D eigenvalue weighted by Gasteiger charge is 2.45. The molecule has 41 heavy (non-hydrogen) atoms. The second kappa shape index (κ2) is 10.8. The molecule has 3 heterocycles. The third-order valence-corrected chi connectivity index (χ3v) is 7.28. The highest BCUT2D eigenvalue weighted by Crippen LogP contribution is 2.38. The van der Waals surface area contributed by atoms with Gasteiger partial charge in [-0.1, -0.05) is 35.1 Å². The van der Waals surface area contributed by atoms with E-state index in [0.717, 1.165) is 4.57 Å². The number of halogens is 4. The number of thiazole rings is 1. The summed E-state index contributed by atoms with van der Waals surface area (Å²) in [6, 6.07) is 13.0. The van der Waals surface area contributed by atoms with Gasteiger partial charge in [0, 0.05) is 28.8 Å². The molecule has 0 unspecified atom stereocenters. The SMILES string of the molecule is CCOC(=O)C1=C(C(F)(F)F)N=c2s/c(=C\c3ccc(-c4ccc([N+](=O)[O-])cc4)o3)c(=O)n2[C@H]1c1ccc(Cl)cc1. The van der Waals surface area contributed by atoms with Crippen molar-refractivity contribution in [2.75, 3.05) is 6.61 Å². The van der Waals surface area contributed by atoms with Gasteiger partial charge in [-0.3, -0.25) is 19.5 Å². The Labute approximate surface area is 237 Å². The molecule has 0 bridgehead atoms. The number of allylic oxidation sites excluding steroid dienone is 1. The molecule has 0 spiro atoms. The fourth-order valence-electron chi connectivity index (χ4n) is 4.26. The zero-order valence-electron chi connectivity index (χ0n) is 20.8. The maximum Gasteiger partial charge on any atom is 0.434 e. The van der Waals surface area contributed by atoms with Crippen molar-refractivity contribution in [3.8, 4) is 11.3 Å². The molecule has 0 radical (unpaired) electrons. The normalized spacial score (nSPS) is 15.4. The van der Waals surface area contributed by atoms with E-state index in [1.165, 1.54) is 67.6 Å². The molecular weight excluding hydrogens is 587 g/mol. The molecule has 1 aliphatic heterocycles.